The van der Waals surface area contributed by atoms with Crippen LogP contribution in [0, 0.1) is 5.82 Å². The van der Waals surface area contributed by atoms with Crippen LogP contribution in [0.5, 0.6) is 5.75 Å². The molecule has 0 aliphatic rings. The van der Waals surface area contributed by atoms with Gasteiger partial charge in [0.2, 0.25) is 0 Å². The number of carbonyl (C=O) groups excluding carboxylic acids is 1. The normalized spacial score (nSPS) is 10.2. The quantitative estimate of drug-likeness (QED) is 0.832. The lowest BCUT2D eigenvalue weighted by Gasteiger charge is -2.02. The Morgan fingerprint density at radius 2 is 2.32 bits per heavy atom. The maximum Gasteiger partial charge on any atom is 0.378 e. The van der Waals surface area contributed by atoms with Gasteiger partial charge in [0, 0.05) is 6.07 Å². The number of nitrogens with zero attached hydrogens (tertiary/aromatic N) is 2. The number of aromatic amines is 1. The van der Waals surface area contributed by atoms with Gasteiger partial charge < -0.3 is 9.47 Å². The number of halogens is 1. The Bertz CT molecular complexity index is 571. The number of benzene rings is 1. The van der Waals surface area contributed by atoms with E-state index >= 15 is 0 Å². The first-order valence-electron chi connectivity index (χ1n) is 5.66. The van der Waals surface area contributed by atoms with Gasteiger partial charge >= 0.3 is 5.97 Å². The van der Waals surface area contributed by atoms with Gasteiger partial charge in [-0.05, 0) is 19.1 Å². The molecule has 0 bridgehead atoms. The van der Waals surface area contributed by atoms with Crippen LogP contribution in [0.4, 0.5) is 4.39 Å². The van der Waals surface area contributed by atoms with E-state index in [2.05, 4.69) is 15.2 Å². The van der Waals surface area contributed by atoms with Gasteiger partial charge in [-0.1, -0.05) is 6.07 Å². The standard InChI is InChI=1S/C12H12FN3O3/c1-2-18-12(17)11-14-10(15-16-11)7-19-9-5-3-4-8(13)6-9/h3-6H,2,7H2,1H3,(H,14,15,16). The van der Waals surface area contributed by atoms with Crippen molar-refractivity contribution in [3.63, 3.8) is 0 Å². The fourth-order valence-electron chi connectivity index (χ4n) is 1.36. The van der Waals surface area contributed by atoms with Crippen LogP contribution in [-0.2, 0) is 11.3 Å². The summed E-state index contributed by atoms with van der Waals surface area (Å²) in [6.45, 7) is 2.00. The van der Waals surface area contributed by atoms with Gasteiger partial charge in [0.05, 0.1) is 6.61 Å². The number of nitrogens with one attached hydrogen (secondary N) is 1. The molecule has 1 aromatic heterocycles. The summed E-state index contributed by atoms with van der Waals surface area (Å²) in [5.41, 5.74) is 0. The number of esters is 1. The van der Waals surface area contributed by atoms with E-state index in [9.17, 15) is 9.18 Å². The third kappa shape index (κ3) is 3.51. The number of hydrogen-bond donors (Lipinski definition) is 1. The van der Waals surface area contributed by atoms with Crippen LogP contribution < -0.4 is 4.74 Å². The second kappa shape index (κ2) is 5.94. The average molecular weight is 265 g/mol. The van der Waals surface area contributed by atoms with Crippen molar-refractivity contribution in [1.82, 2.24) is 15.2 Å². The van der Waals surface area contributed by atoms with Crippen molar-refractivity contribution in [2.24, 2.45) is 0 Å². The highest BCUT2D eigenvalue weighted by Crippen LogP contribution is 2.13. The molecule has 0 radical (unpaired) electrons. The summed E-state index contributed by atoms with van der Waals surface area (Å²) < 4.78 is 23.0. The van der Waals surface area contributed by atoms with E-state index < -0.39 is 5.97 Å². The highest BCUT2D eigenvalue weighted by Gasteiger charge is 2.13. The van der Waals surface area contributed by atoms with Gasteiger partial charge in [0.15, 0.2) is 5.82 Å². The molecule has 0 fully saturated rings. The smallest absolute Gasteiger partial charge is 0.378 e. The van der Waals surface area contributed by atoms with Crippen LogP contribution in [0.25, 0.3) is 0 Å². The highest BCUT2D eigenvalue weighted by molar-refractivity contribution is 5.84. The fraction of sp³-hybridized carbons (Fsp3) is 0.250. The summed E-state index contributed by atoms with van der Waals surface area (Å²) in [6, 6.07) is 5.73. The first-order valence-corrected chi connectivity index (χ1v) is 5.66. The molecule has 7 heteroatoms. The third-order valence-electron chi connectivity index (χ3n) is 2.16. The van der Waals surface area contributed by atoms with Crippen molar-refractivity contribution in [3.8, 4) is 5.75 Å². The molecule has 1 heterocycles. The Morgan fingerprint density at radius 1 is 1.47 bits per heavy atom. The van der Waals surface area contributed by atoms with Crippen molar-refractivity contribution < 1.29 is 18.7 Å². The lowest BCUT2D eigenvalue weighted by Crippen LogP contribution is -2.07. The summed E-state index contributed by atoms with van der Waals surface area (Å²) in [7, 11) is 0. The molecule has 19 heavy (non-hydrogen) atoms. The second-order valence-electron chi connectivity index (χ2n) is 3.57. The van der Waals surface area contributed by atoms with Crippen LogP contribution in [0.15, 0.2) is 24.3 Å². The van der Waals surface area contributed by atoms with Crippen molar-refractivity contribution in [1.29, 1.82) is 0 Å². The van der Waals surface area contributed by atoms with Crippen molar-refractivity contribution in [3.05, 3.63) is 41.7 Å². The maximum atomic E-state index is 12.9. The maximum absolute atomic E-state index is 12.9. The highest BCUT2D eigenvalue weighted by atomic mass is 19.1. The summed E-state index contributed by atoms with van der Waals surface area (Å²) in [4.78, 5) is 15.2. The molecule has 0 spiro atoms. The first-order chi connectivity index (χ1) is 9.19. The number of carbonyl (C=O) groups is 1. The topological polar surface area (TPSA) is 77.1 Å². The Hall–Kier alpha value is -2.44. The van der Waals surface area contributed by atoms with Crippen molar-refractivity contribution >= 4 is 5.97 Å². The molecule has 1 N–H and O–H groups in total. The van der Waals surface area contributed by atoms with Gasteiger partial charge in [0.1, 0.15) is 18.2 Å². The minimum atomic E-state index is -0.601. The van der Waals surface area contributed by atoms with Gasteiger partial charge in [-0.25, -0.2) is 14.2 Å². The monoisotopic (exact) mass is 265 g/mol. The molecule has 0 unspecified atom stereocenters. The van der Waals surface area contributed by atoms with E-state index in [1.54, 1.807) is 13.0 Å². The molecule has 0 amide bonds. The molecular formula is C12H12FN3O3. The number of ether oxygens (including phenoxy) is 2. The summed E-state index contributed by atoms with van der Waals surface area (Å²) in [6.07, 6.45) is 0. The van der Waals surface area contributed by atoms with Crippen LogP contribution in [0.2, 0.25) is 0 Å². The van der Waals surface area contributed by atoms with E-state index in [-0.39, 0.29) is 24.9 Å². The minimum absolute atomic E-state index is 0.0514. The van der Waals surface area contributed by atoms with E-state index in [0.29, 0.717) is 11.6 Å². The lowest BCUT2D eigenvalue weighted by atomic mass is 10.3. The molecule has 1 aromatic carbocycles. The number of H-pyrrole nitrogens is 1. The molecule has 0 aliphatic heterocycles. The van der Waals surface area contributed by atoms with Gasteiger partial charge in [0.25, 0.3) is 5.82 Å². The fourth-order valence-corrected chi connectivity index (χ4v) is 1.36. The molecule has 0 atom stereocenters. The SMILES string of the molecule is CCOC(=O)c1n[nH]c(COc2cccc(F)c2)n1. The predicted octanol–water partition coefficient (Wildman–Crippen LogP) is 1.70. The van der Waals surface area contributed by atoms with Crippen LogP contribution in [0.1, 0.15) is 23.4 Å². The summed E-state index contributed by atoms with van der Waals surface area (Å²) >= 11 is 0. The van der Waals surface area contributed by atoms with Gasteiger partial charge in [-0.2, -0.15) is 0 Å². The lowest BCUT2D eigenvalue weighted by molar-refractivity contribution is 0.0512. The molecule has 0 saturated carbocycles. The molecule has 0 aliphatic carbocycles. The third-order valence-corrected chi connectivity index (χ3v) is 2.16. The average Bonchev–Trinajstić information content (AvgIpc) is 2.86. The number of rotatable bonds is 5. The van der Waals surface area contributed by atoms with Crippen molar-refractivity contribution in [2.75, 3.05) is 6.61 Å². The van der Waals surface area contributed by atoms with Crippen molar-refractivity contribution in [2.45, 2.75) is 13.5 Å². The number of hydrogen-bond acceptors (Lipinski definition) is 5. The minimum Gasteiger partial charge on any atom is -0.486 e. The van der Waals surface area contributed by atoms with E-state index in [1.807, 2.05) is 0 Å². The molecule has 2 rings (SSSR count). The zero-order valence-electron chi connectivity index (χ0n) is 10.2. The van der Waals surface area contributed by atoms with E-state index in [4.69, 9.17) is 9.47 Å². The van der Waals surface area contributed by atoms with E-state index in [0.717, 1.165) is 0 Å². The second-order valence-corrected chi connectivity index (χ2v) is 3.57. The number of aromatic nitrogens is 3. The Kier molecular flexibility index (Phi) is 4.07. The molecule has 6 nitrogen and oxygen atoms in total. The van der Waals surface area contributed by atoms with Crippen LogP contribution in [0.3, 0.4) is 0 Å². The molecule has 100 valence electrons. The molecular weight excluding hydrogens is 253 g/mol. The summed E-state index contributed by atoms with van der Waals surface area (Å²) in [5.74, 6) is -0.320. The largest absolute Gasteiger partial charge is 0.486 e. The zero-order chi connectivity index (χ0) is 13.7. The van der Waals surface area contributed by atoms with E-state index in [1.165, 1.54) is 18.2 Å². The summed E-state index contributed by atoms with van der Waals surface area (Å²) in [5, 5.41) is 6.25. The van der Waals surface area contributed by atoms with Crippen LogP contribution >= 0.6 is 0 Å². The van der Waals surface area contributed by atoms with Gasteiger partial charge in [-0.15, -0.1) is 5.10 Å². The first kappa shape index (κ1) is 13.0. The van der Waals surface area contributed by atoms with Crippen LogP contribution in [-0.4, -0.2) is 27.8 Å². The molecule has 2 aromatic rings. The Labute approximate surface area is 108 Å². The zero-order valence-corrected chi connectivity index (χ0v) is 10.2. The Balaban J connectivity index is 1.95. The Morgan fingerprint density at radius 3 is 3.05 bits per heavy atom. The predicted molar refractivity (Wildman–Crippen MR) is 63.1 cm³/mol. The molecule has 0 saturated heterocycles. The van der Waals surface area contributed by atoms with Gasteiger partial charge in [-0.3, -0.25) is 5.10 Å².